The summed E-state index contributed by atoms with van der Waals surface area (Å²) in [4.78, 5) is 11.3. The van der Waals surface area contributed by atoms with Gasteiger partial charge in [0, 0.05) is 18.7 Å². The first-order chi connectivity index (χ1) is 21.3. The molecule has 3 rings (SSSR count). The molecule has 3 aromatic rings. The number of carbonyl (C=O) groups is 1. The molecular formula is C26H31N7O10S2. The Morgan fingerprint density at radius 1 is 0.844 bits per heavy atom. The van der Waals surface area contributed by atoms with E-state index < -0.39 is 43.1 Å². The highest BCUT2D eigenvalue weighted by Gasteiger charge is 2.23. The second-order valence-electron chi connectivity index (χ2n) is 8.98. The van der Waals surface area contributed by atoms with Crippen molar-refractivity contribution in [2.24, 2.45) is 20.5 Å². The standard InChI is InChI=1S/C26H31N7O10S2/c1-41-20-13-18(21(42-2)12-17(20)29-8-10-44(36,37)11-9-34)31-33-25-23(27)19(14-22(24(25)28)45(38,39)40)32-30-16-7-5-4-6-15(16)26(35)43-3/h4-7,12-14,29,34H,8-11,27-28H2,1-3H3,(H,38,39,40)/b32-30+,33-31+. The molecule has 0 spiro atoms. The summed E-state index contributed by atoms with van der Waals surface area (Å²) >= 11 is 0. The summed E-state index contributed by atoms with van der Waals surface area (Å²) in [7, 11) is -4.50. The first-order valence-electron chi connectivity index (χ1n) is 12.8. The number of methoxy groups -OCH3 is 3. The van der Waals surface area contributed by atoms with E-state index in [9.17, 15) is 26.2 Å². The molecule has 0 atom stereocenters. The zero-order chi connectivity index (χ0) is 33.4. The van der Waals surface area contributed by atoms with Crippen molar-refractivity contribution < 1.29 is 45.5 Å². The number of nitrogens with two attached hydrogens (primary N) is 2. The van der Waals surface area contributed by atoms with Gasteiger partial charge in [0.05, 0.1) is 62.1 Å². The quantitative estimate of drug-likeness (QED) is 0.0714. The van der Waals surface area contributed by atoms with Gasteiger partial charge in [-0.15, -0.1) is 20.5 Å². The van der Waals surface area contributed by atoms with Crippen LogP contribution in [0.4, 0.5) is 39.8 Å². The number of sulfone groups is 1. The van der Waals surface area contributed by atoms with Crippen LogP contribution in [0.25, 0.3) is 0 Å². The summed E-state index contributed by atoms with van der Waals surface area (Å²) in [5.74, 6) is -0.959. The predicted octanol–water partition coefficient (Wildman–Crippen LogP) is 3.55. The molecule has 17 nitrogen and oxygen atoms in total. The molecule has 0 heterocycles. The van der Waals surface area contributed by atoms with Gasteiger partial charge in [-0.3, -0.25) is 4.55 Å². The molecule has 0 aliphatic rings. The van der Waals surface area contributed by atoms with Crippen molar-refractivity contribution in [1.82, 2.24) is 0 Å². The predicted molar refractivity (Wildman–Crippen MR) is 165 cm³/mol. The van der Waals surface area contributed by atoms with Gasteiger partial charge in [0.1, 0.15) is 39.1 Å². The lowest BCUT2D eigenvalue weighted by Crippen LogP contribution is -2.20. The lowest BCUT2D eigenvalue weighted by molar-refractivity contribution is 0.0601. The van der Waals surface area contributed by atoms with Gasteiger partial charge in [0.2, 0.25) is 0 Å². The van der Waals surface area contributed by atoms with Crippen LogP contribution >= 0.6 is 0 Å². The van der Waals surface area contributed by atoms with E-state index in [0.717, 1.165) is 6.07 Å². The fourth-order valence-electron chi connectivity index (χ4n) is 3.80. The highest BCUT2D eigenvalue weighted by Crippen LogP contribution is 2.45. The fraction of sp³-hybridized carbons (Fsp3) is 0.269. The van der Waals surface area contributed by atoms with Crippen molar-refractivity contribution >= 4 is 65.7 Å². The molecule has 242 valence electrons. The molecule has 45 heavy (non-hydrogen) atoms. The van der Waals surface area contributed by atoms with E-state index in [1.165, 1.54) is 45.6 Å². The molecule has 3 aromatic carbocycles. The van der Waals surface area contributed by atoms with Gasteiger partial charge in [0.25, 0.3) is 10.1 Å². The van der Waals surface area contributed by atoms with Gasteiger partial charge in [-0.2, -0.15) is 8.42 Å². The molecule has 0 aromatic heterocycles. The molecule has 0 amide bonds. The number of rotatable bonds is 14. The Kier molecular flexibility index (Phi) is 11.4. The summed E-state index contributed by atoms with van der Waals surface area (Å²) in [5, 5.41) is 27.9. The molecule has 0 saturated carbocycles. The van der Waals surface area contributed by atoms with Crippen LogP contribution in [-0.2, 0) is 24.7 Å². The monoisotopic (exact) mass is 665 g/mol. The highest BCUT2D eigenvalue weighted by molar-refractivity contribution is 7.91. The zero-order valence-corrected chi connectivity index (χ0v) is 25.9. The minimum Gasteiger partial charge on any atom is -0.495 e. The molecule has 0 aliphatic heterocycles. The topological polar surface area (TPSA) is 267 Å². The van der Waals surface area contributed by atoms with Crippen LogP contribution in [0, 0.1) is 0 Å². The first kappa shape index (κ1) is 34.6. The molecule has 0 unspecified atom stereocenters. The summed E-state index contributed by atoms with van der Waals surface area (Å²) in [6.07, 6.45) is 0. The Hall–Kier alpha value is -4.85. The minimum atomic E-state index is -4.91. The number of hydrogen-bond acceptors (Lipinski definition) is 16. The molecule has 0 saturated heterocycles. The summed E-state index contributed by atoms with van der Waals surface area (Å²) in [6, 6.07) is 9.80. The maximum Gasteiger partial charge on any atom is 0.340 e. The van der Waals surface area contributed by atoms with E-state index in [0.29, 0.717) is 5.69 Å². The Balaban J connectivity index is 2.06. The van der Waals surface area contributed by atoms with Gasteiger partial charge in [0.15, 0.2) is 9.84 Å². The van der Waals surface area contributed by atoms with Crippen molar-refractivity contribution in [1.29, 1.82) is 0 Å². The van der Waals surface area contributed by atoms with Crippen LogP contribution < -0.4 is 26.3 Å². The summed E-state index contributed by atoms with van der Waals surface area (Å²) < 4.78 is 73.4. The lowest BCUT2D eigenvalue weighted by Gasteiger charge is -2.14. The number of aliphatic hydroxyl groups excluding tert-OH is 1. The molecule has 19 heteroatoms. The van der Waals surface area contributed by atoms with Crippen LogP contribution in [0.15, 0.2) is 67.8 Å². The van der Waals surface area contributed by atoms with E-state index in [4.69, 9.17) is 30.8 Å². The zero-order valence-electron chi connectivity index (χ0n) is 24.3. The number of carbonyl (C=O) groups excluding carboxylic acids is 1. The Morgan fingerprint density at radius 3 is 2.11 bits per heavy atom. The minimum absolute atomic E-state index is 0.000358. The highest BCUT2D eigenvalue weighted by atomic mass is 32.2. The van der Waals surface area contributed by atoms with Gasteiger partial charge in [-0.1, -0.05) is 12.1 Å². The maximum atomic E-state index is 12.1. The number of esters is 1. The van der Waals surface area contributed by atoms with Crippen LogP contribution in [0.1, 0.15) is 10.4 Å². The molecule has 0 bridgehead atoms. The van der Waals surface area contributed by atoms with Crippen LogP contribution in [0.5, 0.6) is 11.5 Å². The summed E-state index contributed by atoms with van der Waals surface area (Å²) in [5.41, 5.74) is 11.4. The van der Waals surface area contributed by atoms with Crippen LogP contribution in [0.3, 0.4) is 0 Å². The number of aliphatic hydroxyl groups is 1. The van der Waals surface area contributed by atoms with E-state index in [1.807, 2.05) is 0 Å². The average molecular weight is 666 g/mol. The lowest BCUT2D eigenvalue weighted by atomic mass is 10.2. The average Bonchev–Trinajstić information content (AvgIpc) is 2.99. The Bertz CT molecular complexity index is 1850. The first-order valence-corrected chi connectivity index (χ1v) is 16.0. The SMILES string of the molecule is COC(=O)c1ccccc1/N=N/c1cc(S(=O)(=O)O)c(N)c(/N=N/c2cc(OC)c(NCCS(=O)(=O)CCO)cc2OC)c1N. The van der Waals surface area contributed by atoms with Gasteiger partial charge < -0.3 is 36.1 Å². The molecule has 0 radical (unpaired) electrons. The van der Waals surface area contributed by atoms with Crippen LogP contribution in [-0.4, -0.2) is 78.5 Å². The number of anilines is 3. The van der Waals surface area contributed by atoms with E-state index in [1.54, 1.807) is 12.1 Å². The largest absolute Gasteiger partial charge is 0.495 e. The normalized spacial score (nSPS) is 12.0. The van der Waals surface area contributed by atoms with E-state index in [-0.39, 0.29) is 63.5 Å². The van der Waals surface area contributed by atoms with Crippen molar-refractivity contribution in [2.75, 3.05) is 62.8 Å². The number of nitrogens with zero attached hydrogens (tertiary/aromatic N) is 4. The number of hydrogen-bond donors (Lipinski definition) is 5. The third-order valence-electron chi connectivity index (χ3n) is 6.06. The van der Waals surface area contributed by atoms with Crippen molar-refractivity contribution in [2.45, 2.75) is 4.90 Å². The van der Waals surface area contributed by atoms with Crippen molar-refractivity contribution in [3.63, 3.8) is 0 Å². The molecule has 0 aliphatic carbocycles. The van der Waals surface area contributed by atoms with Gasteiger partial charge in [-0.05, 0) is 18.2 Å². The third-order valence-corrected chi connectivity index (χ3v) is 8.59. The second kappa shape index (κ2) is 14.8. The van der Waals surface area contributed by atoms with E-state index >= 15 is 0 Å². The van der Waals surface area contributed by atoms with Gasteiger partial charge in [-0.25, -0.2) is 13.2 Å². The number of nitrogens with one attached hydrogen (secondary N) is 1. The fourth-order valence-corrected chi connectivity index (χ4v) is 5.33. The van der Waals surface area contributed by atoms with Gasteiger partial charge >= 0.3 is 5.97 Å². The molecule has 0 fully saturated rings. The summed E-state index contributed by atoms with van der Waals surface area (Å²) in [6.45, 7) is -0.491. The van der Waals surface area contributed by atoms with E-state index in [2.05, 4.69) is 25.8 Å². The van der Waals surface area contributed by atoms with Crippen molar-refractivity contribution in [3.05, 3.63) is 48.0 Å². The molecule has 7 N–H and O–H groups in total. The number of ether oxygens (including phenoxy) is 3. The number of azo groups is 2. The third kappa shape index (κ3) is 8.62. The van der Waals surface area contributed by atoms with Crippen LogP contribution in [0.2, 0.25) is 0 Å². The Labute approximate surface area is 258 Å². The maximum absolute atomic E-state index is 12.1. The number of nitrogen functional groups attached to an aromatic ring is 2. The number of benzene rings is 3. The van der Waals surface area contributed by atoms with Crippen molar-refractivity contribution in [3.8, 4) is 11.5 Å². The Morgan fingerprint density at radius 2 is 1.49 bits per heavy atom. The molecular weight excluding hydrogens is 634 g/mol. The second-order valence-corrected chi connectivity index (χ2v) is 12.7. The smallest absolute Gasteiger partial charge is 0.340 e.